The van der Waals surface area contributed by atoms with Crippen molar-refractivity contribution in [2.75, 3.05) is 64.5 Å². The van der Waals surface area contributed by atoms with Crippen LogP contribution in [-0.4, -0.2) is 90.5 Å². The molecule has 0 radical (unpaired) electrons. The van der Waals surface area contributed by atoms with Crippen LogP contribution < -0.4 is 4.90 Å². The van der Waals surface area contributed by atoms with E-state index in [-0.39, 0.29) is 5.41 Å². The Morgan fingerprint density at radius 1 is 1.15 bits per heavy atom. The molecule has 0 bridgehead atoms. The van der Waals surface area contributed by atoms with Crippen molar-refractivity contribution in [1.29, 1.82) is 0 Å². The summed E-state index contributed by atoms with van der Waals surface area (Å²) in [4.78, 5) is 16.3. The molecule has 3 fully saturated rings. The topological polar surface area (TPSA) is 65.0 Å². The summed E-state index contributed by atoms with van der Waals surface area (Å²) in [7, 11) is 2.21. The van der Waals surface area contributed by atoms with Crippen molar-refractivity contribution in [3.05, 3.63) is 18.0 Å². The molecule has 0 amide bonds. The number of nitrogens with zero attached hydrogens (tertiary/aromatic N) is 5. The maximum atomic E-state index is 10.0. The molecule has 7 heteroatoms. The van der Waals surface area contributed by atoms with Gasteiger partial charge in [0.2, 0.25) is 5.95 Å². The molecule has 4 rings (SSSR count). The predicted molar refractivity (Wildman–Crippen MR) is 100 cm³/mol. The molecule has 0 unspecified atom stereocenters. The molecule has 2 atom stereocenters. The first kappa shape index (κ1) is 18.1. The number of rotatable bonds is 4. The fourth-order valence-electron chi connectivity index (χ4n) is 4.83. The minimum absolute atomic E-state index is 0.0974. The van der Waals surface area contributed by atoms with Gasteiger partial charge in [0.05, 0.1) is 19.8 Å². The monoisotopic (exact) mass is 361 g/mol. The van der Waals surface area contributed by atoms with Crippen LogP contribution in [0.5, 0.6) is 0 Å². The van der Waals surface area contributed by atoms with E-state index in [1.165, 1.54) is 6.42 Å². The highest BCUT2D eigenvalue weighted by Crippen LogP contribution is 2.41. The SMILES string of the molecule is CN1CCC[C@]2(CO)CCN(Cc3cnc(N4CCOCC4)nc3)C[C@@H]12. The molecule has 7 nitrogen and oxygen atoms in total. The Bertz CT molecular complexity index is 592. The van der Waals surface area contributed by atoms with Crippen molar-refractivity contribution in [3.8, 4) is 0 Å². The van der Waals surface area contributed by atoms with E-state index in [1.807, 2.05) is 12.4 Å². The molecule has 26 heavy (non-hydrogen) atoms. The van der Waals surface area contributed by atoms with Crippen LogP contribution in [0.4, 0.5) is 5.95 Å². The van der Waals surface area contributed by atoms with Gasteiger partial charge in [0, 0.05) is 55.6 Å². The van der Waals surface area contributed by atoms with Crippen molar-refractivity contribution < 1.29 is 9.84 Å². The quantitative estimate of drug-likeness (QED) is 0.842. The highest BCUT2D eigenvalue weighted by atomic mass is 16.5. The number of aliphatic hydroxyl groups excluding tert-OH is 1. The van der Waals surface area contributed by atoms with E-state index >= 15 is 0 Å². The van der Waals surface area contributed by atoms with Crippen molar-refractivity contribution in [2.24, 2.45) is 5.41 Å². The van der Waals surface area contributed by atoms with Crippen LogP contribution in [-0.2, 0) is 11.3 Å². The van der Waals surface area contributed by atoms with Crippen molar-refractivity contribution >= 4 is 5.95 Å². The maximum Gasteiger partial charge on any atom is 0.225 e. The van der Waals surface area contributed by atoms with Gasteiger partial charge in [-0.3, -0.25) is 4.90 Å². The Kier molecular flexibility index (Phi) is 5.40. The summed E-state index contributed by atoms with van der Waals surface area (Å²) in [5.41, 5.74) is 1.26. The Morgan fingerprint density at radius 2 is 1.92 bits per heavy atom. The van der Waals surface area contributed by atoms with E-state index in [0.29, 0.717) is 12.6 Å². The summed E-state index contributed by atoms with van der Waals surface area (Å²) >= 11 is 0. The van der Waals surface area contributed by atoms with Crippen LogP contribution in [0.25, 0.3) is 0 Å². The molecular formula is C19H31N5O2. The fourth-order valence-corrected chi connectivity index (χ4v) is 4.83. The zero-order chi connectivity index (χ0) is 18.0. The Balaban J connectivity index is 1.38. The van der Waals surface area contributed by atoms with Crippen LogP contribution in [0.15, 0.2) is 12.4 Å². The number of hydrogen-bond donors (Lipinski definition) is 1. The van der Waals surface area contributed by atoms with Crippen LogP contribution in [0.1, 0.15) is 24.8 Å². The average molecular weight is 361 g/mol. The minimum atomic E-state index is 0.0974. The zero-order valence-electron chi connectivity index (χ0n) is 15.8. The lowest BCUT2D eigenvalue weighted by Gasteiger charge is -2.53. The number of likely N-dealkylation sites (N-methyl/N-ethyl adjacent to an activating group) is 1. The van der Waals surface area contributed by atoms with Crippen LogP contribution in [0, 0.1) is 5.41 Å². The molecule has 1 aromatic heterocycles. The summed E-state index contributed by atoms with van der Waals surface area (Å²) in [5.74, 6) is 0.807. The minimum Gasteiger partial charge on any atom is -0.396 e. The molecule has 0 saturated carbocycles. The highest BCUT2D eigenvalue weighted by molar-refractivity contribution is 5.30. The summed E-state index contributed by atoms with van der Waals surface area (Å²) in [5, 5.41) is 10.0. The van der Waals surface area contributed by atoms with Crippen LogP contribution in [0.3, 0.4) is 0 Å². The smallest absolute Gasteiger partial charge is 0.225 e. The lowest BCUT2D eigenvalue weighted by atomic mass is 9.69. The van der Waals surface area contributed by atoms with E-state index in [9.17, 15) is 5.11 Å². The molecule has 0 spiro atoms. The molecule has 1 aromatic rings. The second-order valence-electron chi connectivity index (χ2n) is 8.10. The van der Waals surface area contributed by atoms with E-state index in [2.05, 4.69) is 31.7 Å². The zero-order valence-corrected chi connectivity index (χ0v) is 15.8. The van der Waals surface area contributed by atoms with E-state index < -0.39 is 0 Å². The number of piperidine rings is 2. The Labute approximate surface area is 156 Å². The van der Waals surface area contributed by atoms with Crippen LogP contribution in [0.2, 0.25) is 0 Å². The second kappa shape index (κ2) is 7.76. The second-order valence-corrected chi connectivity index (χ2v) is 8.10. The molecule has 1 N–H and O–H groups in total. The molecule has 4 heterocycles. The van der Waals surface area contributed by atoms with Gasteiger partial charge >= 0.3 is 0 Å². The van der Waals surface area contributed by atoms with Gasteiger partial charge in [0.15, 0.2) is 0 Å². The fraction of sp³-hybridized carbons (Fsp3) is 0.789. The number of ether oxygens (including phenoxy) is 1. The van der Waals surface area contributed by atoms with Crippen molar-refractivity contribution in [3.63, 3.8) is 0 Å². The molecule has 0 aliphatic carbocycles. The largest absolute Gasteiger partial charge is 0.396 e. The average Bonchev–Trinajstić information content (AvgIpc) is 2.70. The number of hydrogen-bond acceptors (Lipinski definition) is 7. The molecule has 3 saturated heterocycles. The normalized spacial score (nSPS) is 31.0. The summed E-state index contributed by atoms with van der Waals surface area (Å²) in [6.45, 7) is 7.62. The van der Waals surface area contributed by atoms with E-state index in [1.54, 1.807) is 0 Å². The summed E-state index contributed by atoms with van der Waals surface area (Å²) < 4.78 is 5.39. The molecule has 3 aliphatic rings. The van der Waals surface area contributed by atoms with Gasteiger partial charge in [-0.1, -0.05) is 0 Å². The lowest BCUT2D eigenvalue weighted by molar-refractivity contribution is -0.0684. The van der Waals surface area contributed by atoms with Gasteiger partial charge in [-0.05, 0) is 39.4 Å². The van der Waals surface area contributed by atoms with Crippen molar-refractivity contribution in [2.45, 2.75) is 31.8 Å². The first-order valence-electron chi connectivity index (χ1n) is 9.87. The van der Waals surface area contributed by atoms with Gasteiger partial charge in [-0.2, -0.15) is 0 Å². The van der Waals surface area contributed by atoms with Crippen LogP contribution >= 0.6 is 0 Å². The number of aromatic nitrogens is 2. The first-order chi connectivity index (χ1) is 12.7. The number of aliphatic hydroxyl groups is 1. The van der Waals surface area contributed by atoms with E-state index in [0.717, 1.165) is 76.8 Å². The number of fused-ring (bicyclic) bond motifs is 1. The van der Waals surface area contributed by atoms with Gasteiger partial charge in [0.25, 0.3) is 0 Å². The van der Waals surface area contributed by atoms with Gasteiger partial charge in [0.1, 0.15) is 0 Å². The third-order valence-electron chi connectivity index (χ3n) is 6.49. The highest BCUT2D eigenvalue weighted by Gasteiger charge is 2.46. The maximum absolute atomic E-state index is 10.0. The first-order valence-corrected chi connectivity index (χ1v) is 9.87. The third-order valence-corrected chi connectivity index (χ3v) is 6.49. The Hall–Kier alpha value is -1.28. The molecule has 3 aliphatic heterocycles. The number of anilines is 1. The summed E-state index contributed by atoms with van der Waals surface area (Å²) in [6.07, 6.45) is 7.37. The number of morpholine rings is 1. The molecule has 0 aromatic carbocycles. The summed E-state index contributed by atoms with van der Waals surface area (Å²) in [6, 6.07) is 0.448. The van der Waals surface area contributed by atoms with Gasteiger partial charge in [-0.15, -0.1) is 0 Å². The van der Waals surface area contributed by atoms with Gasteiger partial charge in [-0.25, -0.2) is 9.97 Å². The molecule has 144 valence electrons. The Morgan fingerprint density at radius 3 is 2.65 bits per heavy atom. The predicted octanol–water partition coefficient (Wildman–Crippen LogP) is 0.592. The van der Waals surface area contributed by atoms with Gasteiger partial charge < -0.3 is 19.6 Å². The van der Waals surface area contributed by atoms with Crippen molar-refractivity contribution in [1.82, 2.24) is 19.8 Å². The molecular weight excluding hydrogens is 330 g/mol. The standard InChI is InChI=1S/C19H31N5O2/c1-22-5-2-3-19(15-25)4-6-23(14-17(19)22)13-16-11-20-18(21-12-16)24-7-9-26-10-8-24/h11-12,17,25H,2-10,13-15H2,1H3/t17-,19-/m1/s1. The lowest BCUT2D eigenvalue weighted by Crippen LogP contribution is -2.61. The number of likely N-dealkylation sites (tertiary alicyclic amines) is 2. The van der Waals surface area contributed by atoms with E-state index in [4.69, 9.17) is 4.74 Å². The third kappa shape index (κ3) is 3.58.